The molecule has 0 spiro atoms. The van der Waals surface area contributed by atoms with E-state index in [9.17, 15) is 13.6 Å². The lowest BCUT2D eigenvalue weighted by Crippen LogP contribution is -2.14. The Bertz CT molecular complexity index is 372. The predicted molar refractivity (Wildman–Crippen MR) is 53.0 cm³/mol. The Morgan fingerprint density at radius 2 is 1.93 bits per heavy atom. The van der Waals surface area contributed by atoms with Crippen LogP contribution < -0.4 is 0 Å². The number of benzene rings is 1. The van der Waals surface area contributed by atoms with E-state index >= 15 is 0 Å². The Morgan fingerprint density at radius 3 is 2.47 bits per heavy atom. The Hall–Kier alpha value is -1.25. The van der Waals surface area contributed by atoms with E-state index in [4.69, 9.17) is 11.6 Å². The molecule has 0 unspecified atom stereocenters. The standard InChI is InChI=1S/C10H8ClF2NO/c11-9-3-1-8(2-4-9)10(12,13)5-6-14-7-15/h1-4H,5-6H2. The maximum Gasteiger partial charge on any atom is 0.275 e. The van der Waals surface area contributed by atoms with Crippen LogP contribution in [0.1, 0.15) is 12.0 Å². The molecule has 80 valence electrons. The number of hydrogen-bond acceptors (Lipinski definition) is 2. The molecule has 0 aliphatic rings. The van der Waals surface area contributed by atoms with Crippen molar-refractivity contribution in [3.63, 3.8) is 0 Å². The molecule has 0 bridgehead atoms. The fourth-order valence-corrected chi connectivity index (χ4v) is 1.21. The van der Waals surface area contributed by atoms with Gasteiger partial charge in [-0.05, 0) is 12.1 Å². The summed E-state index contributed by atoms with van der Waals surface area (Å²) in [5.41, 5.74) is -0.131. The third kappa shape index (κ3) is 3.42. The number of alkyl halides is 2. The van der Waals surface area contributed by atoms with Gasteiger partial charge in [-0.25, -0.2) is 18.6 Å². The summed E-state index contributed by atoms with van der Waals surface area (Å²) in [4.78, 5) is 12.8. The maximum atomic E-state index is 13.4. The van der Waals surface area contributed by atoms with Crippen LogP contribution in [0.2, 0.25) is 5.02 Å². The van der Waals surface area contributed by atoms with Crippen LogP contribution in [0.3, 0.4) is 0 Å². The molecule has 1 aromatic rings. The van der Waals surface area contributed by atoms with Crippen molar-refractivity contribution in [1.82, 2.24) is 0 Å². The molecule has 0 N–H and O–H groups in total. The van der Waals surface area contributed by atoms with Gasteiger partial charge in [0.25, 0.3) is 5.92 Å². The number of aliphatic imine (C=N–C) groups is 1. The van der Waals surface area contributed by atoms with Crippen LogP contribution in [0, 0.1) is 0 Å². The van der Waals surface area contributed by atoms with Crippen LogP contribution in [0.15, 0.2) is 29.3 Å². The quantitative estimate of drug-likeness (QED) is 0.578. The predicted octanol–water partition coefficient (Wildman–Crippen LogP) is 3.16. The number of carbonyl (C=O) groups excluding carboxylic acids is 1. The van der Waals surface area contributed by atoms with E-state index < -0.39 is 12.3 Å². The first-order chi connectivity index (χ1) is 7.06. The van der Waals surface area contributed by atoms with E-state index in [0.717, 1.165) is 0 Å². The third-order valence-corrected chi connectivity index (χ3v) is 2.12. The van der Waals surface area contributed by atoms with Crippen LogP contribution in [0.5, 0.6) is 0 Å². The molecule has 0 aromatic heterocycles. The summed E-state index contributed by atoms with van der Waals surface area (Å²) < 4.78 is 26.8. The van der Waals surface area contributed by atoms with Gasteiger partial charge in [0.2, 0.25) is 6.08 Å². The van der Waals surface area contributed by atoms with E-state index in [2.05, 4.69) is 4.99 Å². The number of isocyanates is 1. The number of nitrogens with zero attached hydrogens (tertiary/aromatic N) is 1. The molecule has 5 heteroatoms. The highest BCUT2D eigenvalue weighted by Crippen LogP contribution is 2.32. The van der Waals surface area contributed by atoms with Gasteiger partial charge in [-0.15, -0.1) is 0 Å². The molecule has 0 saturated heterocycles. The summed E-state index contributed by atoms with van der Waals surface area (Å²) in [5.74, 6) is -3.00. The lowest BCUT2D eigenvalue weighted by molar-refractivity contribution is -0.0105. The summed E-state index contributed by atoms with van der Waals surface area (Å²) in [6, 6.07) is 5.31. The molecule has 2 nitrogen and oxygen atoms in total. The largest absolute Gasteiger partial charge is 0.275 e. The van der Waals surface area contributed by atoms with Gasteiger partial charge < -0.3 is 0 Å². The van der Waals surface area contributed by atoms with Crippen molar-refractivity contribution < 1.29 is 13.6 Å². The van der Waals surface area contributed by atoms with E-state index in [1.165, 1.54) is 30.3 Å². The van der Waals surface area contributed by atoms with Crippen molar-refractivity contribution >= 4 is 17.7 Å². The van der Waals surface area contributed by atoms with Gasteiger partial charge in [-0.1, -0.05) is 23.7 Å². The van der Waals surface area contributed by atoms with E-state index in [1.54, 1.807) is 0 Å². The molecule has 0 radical (unpaired) electrons. The van der Waals surface area contributed by atoms with Crippen LogP contribution in [0.4, 0.5) is 8.78 Å². The van der Waals surface area contributed by atoms with Gasteiger partial charge in [0, 0.05) is 17.0 Å². The van der Waals surface area contributed by atoms with Crippen molar-refractivity contribution in [2.45, 2.75) is 12.3 Å². The Morgan fingerprint density at radius 1 is 1.33 bits per heavy atom. The molecule has 0 atom stereocenters. The lowest BCUT2D eigenvalue weighted by Gasteiger charge is -2.14. The first kappa shape index (κ1) is 11.8. The van der Waals surface area contributed by atoms with Gasteiger partial charge in [0.05, 0.1) is 6.54 Å². The zero-order valence-electron chi connectivity index (χ0n) is 7.71. The van der Waals surface area contributed by atoms with Crippen molar-refractivity contribution in [1.29, 1.82) is 0 Å². The molecular formula is C10H8ClF2NO. The minimum Gasteiger partial charge on any atom is -0.211 e. The van der Waals surface area contributed by atoms with Crippen molar-refractivity contribution in [3.8, 4) is 0 Å². The second-order valence-electron chi connectivity index (χ2n) is 2.93. The first-order valence-corrected chi connectivity index (χ1v) is 4.61. The highest BCUT2D eigenvalue weighted by Gasteiger charge is 2.30. The van der Waals surface area contributed by atoms with Gasteiger partial charge in [0.1, 0.15) is 0 Å². The summed E-state index contributed by atoms with van der Waals surface area (Å²) >= 11 is 5.57. The second kappa shape index (κ2) is 5.01. The SMILES string of the molecule is O=C=NCCC(F)(F)c1ccc(Cl)cc1. The normalized spacial score (nSPS) is 10.9. The Kier molecular flexibility index (Phi) is 3.95. The first-order valence-electron chi connectivity index (χ1n) is 4.24. The minimum atomic E-state index is -3.00. The average Bonchev–Trinajstić information content (AvgIpc) is 2.18. The monoisotopic (exact) mass is 231 g/mol. The Balaban J connectivity index is 2.75. The minimum absolute atomic E-state index is 0.131. The zero-order valence-corrected chi connectivity index (χ0v) is 8.47. The highest BCUT2D eigenvalue weighted by molar-refractivity contribution is 6.30. The fourth-order valence-electron chi connectivity index (χ4n) is 1.08. The number of halogens is 3. The lowest BCUT2D eigenvalue weighted by atomic mass is 10.1. The Labute approximate surface area is 90.6 Å². The van der Waals surface area contributed by atoms with E-state index in [0.29, 0.717) is 5.02 Å². The molecule has 1 aromatic carbocycles. The molecule has 1 rings (SSSR count). The van der Waals surface area contributed by atoms with Gasteiger partial charge in [-0.3, -0.25) is 0 Å². The molecule has 0 fully saturated rings. The second-order valence-corrected chi connectivity index (χ2v) is 3.37. The molecular weight excluding hydrogens is 224 g/mol. The molecule has 0 heterocycles. The topological polar surface area (TPSA) is 29.4 Å². The summed E-state index contributed by atoms with van der Waals surface area (Å²) in [5, 5.41) is 0.403. The van der Waals surface area contributed by atoms with Crippen molar-refractivity contribution in [3.05, 3.63) is 34.9 Å². The smallest absolute Gasteiger partial charge is 0.211 e. The zero-order chi connectivity index (χ0) is 11.3. The third-order valence-electron chi connectivity index (χ3n) is 1.87. The van der Waals surface area contributed by atoms with Crippen LogP contribution in [0.25, 0.3) is 0 Å². The molecule has 0 saturated carbocycles. The number of hydrogen-bond donors (Lipinski definition) is 0. The summed E-state index contributed by atoms with van der Waals surface area (Å²) in [7, 11) is 0. The molecule has 0 aliphatic carbocycles. The summed E-state index contributed by atoms with van der Waals surface area (Å²) in [6.07, 6.45) is 0.711. The van der Waals surface area contributed by atoms with Crippen LogP contribution in [-0.2, 0) is 10.7 Å². The van der Waals surface area contributed by atoms with Crippen LogP contribution >= 0.6 is 11.6 Å². The van der Waals surface area contributed by atoms with Crippen molar-refractivity contribution in [2.24, 2.45) is 4.99 Å². The number of rotatable bonds is 4. The van der Waals surface area contributed by atoms with Crippen molar-refractivity contribution in [2.75, 3.05) is 6.54 Å². The molecule has 0 aliphatic heterocycles. The van der Waals surface area contributed by atoms with Gasteiger partial charge >= 0.3 is 0 Å². The van der Waals surface area contributed by atoms with Crippen LogP contribution in [-0.4, -0.2) is 12.6 Å². The van der Waals surface area contributed by atoms with Gasteiger partial charge in [0.15, 0.2) is 0 Å². The van der Waals surface area contributed by atoms with E-state index in [1.807, 2.05) is 0 Å². The molecule has 15 heavy (non-hydrogen) atoms. The maximum absolute atomic E-state index is 13.4. The van der Waals surface area contributed by atoms with E-state index in [-0.39, 0.29) is 12.1 Å². The highest BCUT2D eigenvalue weighted by atomic mass is 35.5. The molecule has 0 amide bonds. The summed E-state index contributed by atoms with van der Waals surface area (Å²) in [6.45, 7) is -0.237. The fraction of sp³-hybridized carbons (Fsp3) is 0.300. The average molecular weight is 232 g/mol. The van der Waals surface area contributed by atoms with Gasteiger partial charge in [-0.2, -0.15) is 0 Å².